The lowest BCUT2D eigenvalue weighted by Gasteiger charge is -2.38. The van der Waals surface area contributed by atoms with Crippen molar-refractivity contribution in [2.45, 2.75) is 59.0 Å². The van der Waals surface area contributed by atoms with E-state index in [9.17, 15) is 14.4 Å². The number of piperidine rings is 1. The summed E-state index contributed by atoms with van der Waals surface area (Å²) in [4.78, 5) is 39.2. The lowest BCUT2D eigenvalue weighted by molar-refractivity contribution is -0.139. The van der Waals surface area contributed by atoms with Crippen LogP contribution in [0.2, 0.25) is 0 Å². The Morgan fingerprint density at radius 1 is 1.00 bits per heavy atom. The number of hydrogen-bond acceptors (Lipinski definition) is 5. The van der Waals surface area contributed by atoms with Crippen molar-refractivity contribution in [3.8, 4) is 5.75 Å². The van der Waals surface area contributed by atoms with Crippen LogP contribution in [0.5, 0.6) is 5.75 Å². The highest BCUT2D eigenvalue weighted by Crippen LogP contribution is 2.23. The van der Waals surface area contributed by atoms with Crippen molar-refractivity contribution in [1.29, 1.82) is 0 Å². The predicted octanol–water partition coefficient (Wildman–Crippen LogP) is 3.85. The average Bonchev–Trinajstić information content (AvgIpc) is 3.03. The molecule has 32 heavy (non-hydrogen) atoms. The molecule has 2 aromatic rings. The number of nitrogens with zero attached hydrogens (tertiary/aromatic N) is 2. The summed E-state index contributed by atoms with van der Waals surface area (Å²) in [5, 5.41) is 0. The van der Waals surface area contributed by atoms with E-state index in [0.717, 1.165) is 30.7 Å². The van der Waals surface area contributed by atoms with Crippen molar-refractivity contribution in [3.63, 3.8) is 0 Å². The van der Waals surface area contributed by atoms with Crippen LogP contribution in [0.15, 0.2) is 30.3 Å². The third kappa shape index (κ3) is 5.21. The Balaban J connectivity index is 1.51. The van der Waals surface area contributed by atoms with Gasteiger partial charge < -0.3 is 18.9 Å². The van der Waals surface area contributed by atoms with E-state index in [1.54, 1.807) is 30.3 Å². The normalized spacial score (nSPS) is 18.3. The van der Waals surface area contributed by atoms with E-state index in [1.165, 1.54) is 0 Å². The summed E-state index contributed by atoms with van der Waals surface area (Å²) in [6.45, 7) is 7.56. The number of hydrogen-bond donors (Lipinski definition) is 0. The quantitative estimate of drug-likeness (QED) is 0.483. The van der Waals surface area contributed by atoms with Gasteiger partial charge in [-0.1, -0.05) is 0 Å². The molecule has 2 atom stereocenters. The molecule has 1 saturated heterocycles. The second-order valence-electron chi connectivity index (χ2n) is 8.59. The fourth-order valence-electron chi connectivity index (χ4n) is 4.25. The number of aryl methyl sites for hydroxylation is 1. The zero-order chi connectivity index (χ0) is 23.4. The number of ketones is 1. The maximum atomic E-state index is 12.6. The van der Waals surface area contributed by atoms with Crippen LogP contribution in [-0.2, 0) is 16.6 Å². The Morgan fingerprint density at radius 3 is 2.19 bits per heavy atom. The summed E-state index contributed by atoms with van der Waals surface area (Å²) >= 11 is 0. The molecule has 0 bridgehead atoms. The zero-order valence-corrected chi connectivity index (χ0v) is 19.5. The predicted molar refractivity (Wildman–Crippen MR) is 121 cm³/mol. The van der Waals surface area contributed by atoms with Crippen molar-refractivity contribution < 1.29 is 23.9 Å². The lowest BCUT2D eigenvalue weighted by Crippen LogP contribution is -2.49. The molecule has 0 saturated carbocycles. The van der Waals surface area contributed by atoms with Gasteiger partial charge in [0.05, 0.1) is 5.56 Å². The standard InChI is InChI=1S/C25H32N2O5/c1-16-7-6-8-17(2)27(16)24(29)15-31-21-11-9-20(10-12-21)25(30)32-14-23(28)22-13-18(3)26(5)19(22)4/h9-13,16-17H,6-8,14-15H2,1-5H3. The highest BCUT2D eigenvalue weighted by atomic mass is 16.5. The van der Waals surface area contributed by atoms with Gasteiger partial charge >= 0.3 is 5.97 Å². The molecular formula is C25H32N2O5. The molecule has 2 heterocycles. The molecule has 172 valence electrons. The van der Waals surface area contributed by atoms with Gasteiger partial charge in [0.25, 0.3) is 5.91 Å². The van der Waals surface area contributed by atoms with Crippen LogP contribution in [0.25, 0.3) is 0 Å². The van der Waals surface area contributed by atoms with E-state index >= 15 is 0 Å². The van der Waals surface area contributed by atoms with E-state index in [2.05, 4.69) is 13.8 Å². The third-order valence-corrected chi connectivity index (χ3v) is 6.34. The molecule has 1 amide bonds. The van der Waals surface area contributed by atoms with Crippen LogP contribution in [0, 0.1) is 13.8 Å². The second-order valence-corrected chi connectivity index (χ2v) is 8.59. The Bertz CT molecular complexity index is 983. The number of ether oxygens (including phenoxy) is 2. The monoisotopic (exact) mass is 440 g/mol. The van der Waals surface area contributed by atoms with Crippen LogP contribution in [0.3, 0.4) is 0 Å². The van der Waals surface area contributed by atoms with E-state index in [4.69, 9.17) is 9.47 Å². The summed E-state index contributed by atoms with van der Waals surface area (Å²) < 4.78 is 12.7. The minimum atomic E-state index is -0.581. The molecule has 1 aromatic carbocycles. The fraction of sp³-hybridized carbons (Fsp3) is 0.480. The fourth-order valence-corrected chi connectivity index (χ4v) is 4.25. The lowest BCUT2D eigenvalue weighted by atomic mass is 9.97. The van der Waals surface area contributed by atoms with Crippen LogP contribution in [0.1, 0.15) is 65.2 Å². The number of rotatable bonds is 7. The van der Waals surface area contributed by atoms with Crippen molar-refractivity contribution in [1.82, 2.24) is 9.47 Å². The number of carbonyl (C=O) groups excluding carboxylic acids is 3. The summed E-state index contributed by atoms with van der Waals surface area (Å²) in [5.74, 6) is -0.349. The first-order chi connectivity index (χ1) is 15.2. The molecule has 0 aliphatic carbocycles. The number of carbonyl (C=O) groups is 3. The highest BCUT2D eigenvalue weighted by molar-refractivity contribution is 6.00. The topological polar surface area (TPSA) is 77.8 Å². The molecule has 7 nitrogen and oxygen atoms in total. The van der Waals surface area contributed by atoms with Crippen molar-refractivity contribution >= 4 is 17.7 Å². The molecule has 1 aromatic heterocycles. The smallest absolute Gasteiger partial charge is 0.338 e. The first kappa shape index (κ1) is 23.6. The third-order valence-electron chi connectivity index (χ3n) is 6.34. The molecule has 7 heteroatoms. The maximum Gasteiger partial charge on any atom is 0.338 e. The van der Waals surface area contributed by atoms with Gasteiger partial charge in [-0.2, -0.15) is 0 Å². The molecule has 0 radical (unpaired) electrons. The van der Waals surface area contributed by atoms with Crippen LogP contribution in [0.4, 0.5) is 0 Å². The van der Waals surface area contributed by atoms with Gasteiger partial charge in [0.2, 0.25) is 5.78 Å². The van der Waals surface area contributed by atoms with Crippen LogP contribution in [-0.4, -0.2) is 52.4 Å². The van der Waals surface area contributed by atoms with Gasteiger partial charge in [0.1, 0.15) is 5.75 Å². The molecular weight excluding hydrogens is 408 g/mol. The molecule has 0 spiro atoms. The Labute approximate surface area is 189 Å². The summed E-state index contributed by atoms with van der Waals surface area (Å²) in [5.41, 5.74) is 2.68. The van der Waals surface area contributed by atoms with Crippen LogP contribution >= 0.6 is 0 Å². The van der Waals surface area contributed by atoms with Gasteiger partial charge in [-0.25, -0.2) is 4.79 Å². The van der Waals surface area contributed by atoms with Gasteiger partial charge in [0, 0.05) is 36.1 Å². The average molecular weight is 441 g/mol. The zero-order valence-electron chi connectivity index (χ0n) is 19.5. The number of esters is 1. The summed E-state index contributed by atoms with van der Waals surface area (Å²) in [7, 11) is 1.89. The Kier molecular flexibility index (Phi) is 7.38. The summed E-state index contributed by atoms with van der Waals surface area (Å²) in [6.07, 6.45) is 3.17. The van der Waals surface area contributed by atoms with Gasteiger partial charge in [-0.3, -0.25) is 9.59 Å². The van der Waals surface area contributed by atoms with E-state index in [0.29, 0.717) is 16.9 Å². The minimum Gasteiger partial charge on any atom is -0.484 e. The van der Waals surface area contributed by atoms with Crippen LogP contribution < -0.4 is 4.74 Å². The molecule has 3 rings (SSSR count). The Morgan fingerprint density at radius 2 is 1.62 bits per heavy atom. The minimum absolute atomic E-state index is 0.0295. The first-order valence-electron chi connectivity index (χ1n) is 11.1. The van der Waals surface area contributed by atoms with E-state index in [-0.39, 0.29) is 37.0 Å². The van der Waals surface area contributed by atoms with Gasteiger partial charge in [-0.15, -0.1) is 0 Å². The molecule has 1 aliphatic rings. The van der Waals surface area contributed by atoms with Crippen molar-refractivity contribution in [3.05, 3.63) is 52.8 Å². The maximum absolute atomic E-state index is 12.6. The second kappa shape index (κ2) is 10.0. The van der Waals surface area contributed by atoms with Gasteiger partial charge in [-0.05, 0) is 77.3 Å². The first-order valence-corrected chi connectivity index (χ1v) is 11.1. The van der Waals surface area contributed by atoms with Crippen molar-refractivity contribution in [2.24, 2.45) is 7.05 Å². The van der Waals surface area contributed by atoms with E-state index in [1.807, 2.05) is 30.4 Å². The Hall–Kier alpha value is -3.09. The van der Waals surface area contributed by atoms with Crippen molar-refractivity contribution in [2.75, 3.05) is 13.2 Å². The highest BCUT2D eigenvalue weighted by Gasteiger charge is 2.29. The molecule has 2 unspecified atom stereocenters. The SMILES string of the molecule is Cc1cc(C(=O)COC(=O)c2ccc(OCC(=O)N3C(C)CCCC3C)cc2)c(C)n1C. The van der Waals surface area contributed by atoms with E-state index < -0.39 is 5.97 Å². The number of aromatic nitrogens is 1. The number of benzene rings is 1. The number of amides is 1. The number of likely N-dealkylation sites (tertiary alicyclic amines) is 1. The molecule has 1 aliphatic heterocycles. The number of Topliss-reactive ketones (excluding diaryl/α,β-unsaturated/α-hetero) is 1. The summed E-state index contributed by atoms with van der Waals surface area (Å²) in [6, 6.07) is 8.62. The molecule has 1 fully saturated rings. The largest absolute Gasteiger partial charge is 0.484 e. The van der Waals surface area contributed by atoms with Gasteiger partial charge in [0.15, 0.2) is 13.2 Å². The molecule has 0 N–H and O–H groups in total.